The Morgan fingerprint density at radius 1 is 0.906 bits per heavy atom. The Kier molecular flexibility index (Phi) is 7.40. The van der Waals surface area contributed by atoms with Crippen LogP contribution in [0.3, 0.4) is 0 Å². The molecule has 0 atom stereocenters. The number of allylic oxidation sites excluding steroid dienone is 1. The zero-order valence-corrected chi connectivity index (χ0v) is 19.3. The quantitative estimate of drug-likeness (QED) is 0.581. The molecule has 170 valence electrons. The molecule has 32 heavy (non-hydrogen) atoms. The van der Waals surface area contributed by atoms with E-state index in [2.05, 4.69) is 41.8 Å². The molecule has 0 saturated heterocycles. The lowest BCUT2D eigenvalue weighted by molar-refractivity contribution is -0.112. The largest absolute Gasteiger partial charge is 0.487 e. The number of likely N-dealkylation sites (N-methyl/N-ethyl adjacent to an activating group) is 1. The van der Waals surface area contributed by atoms with Crippen LogP contribution in [-0.2, 0) is 29.0 Å². The minimum Gasteiger partial charge on any atom is -0.487 e. The molecule has 1 heterocycles. The summed E-state index contributed by atoms with van der Waals surface area (Å²) in [6.07, 6.45) is 1.39. The molecule has 1 aliphatic carbocycles. The predicted octanol–water partition coefficient (Wildman–Crippen LogP) is 3.39. The van der Waals surface area contributed by atoms with Crippen LogP contribution in [0.25, 0.3) is 11.3 Å². The van der Waals surface area contributed by atoms with Gasteiger partial charge in [0, 0.05) is 43.7 Å². The fraction of sp³-hybridized carbons (Fsp3) is 0.444. The Morgan fingerprint density at radius 3 is 2.47 bits per heavy atom. The number of carbonyl (C=O) groups is 1. The fourth-order valence-electron chi connectivity index (χ4n) is 4.74. The summed E-state index contributed by atoms with van der Waals surface area (Å²) in [6, 6.07) is 14.5. The highest BCUT2D eigenvalue weighted by atomic mass is 16.5. The van der Waals surface area contributed by atoms with E-state index in [1.807, 2.05) is 24.3 Å². The minimum atomic E-state index is 0.144. The number of hydrogen-bond acceptors (Lipinski definition) is 5. The number of Topliss-reactive ketones (excluding diaryl/α,β-unsaturated/α-hetero) is 1. The summed E-state index contributed by atoms with van der Waals surface area (Å²) in [5.41, 5.74) is 6.29. The Hall–Kier alpha value is -2.47. The van der Waals surface area contributed by atoms with Gasteiger partial charge in [0.25, 0.3) is 0 Å². The summed E-state index contributed by atoms with van der Waals surface area (Å²) in [4.78, 5) is 17.5. The van der Waals surface area contributed by atoms with E-state index in [0.29, 0.717) is 19.6 Å². The molecule has 0 unspecified atom stereocenters. The predicted molar refractivity (Wildman–Crippen MR) is 128 cm³/mol. The summed E-state index contributed by atoms with van der Waals surface area (Å²) in [7, 11) is 0. The first kappa shape index (κ1) is 22.7. The lowest BCUT2D eigenvalue weighted by Gasteiger charge is -2.25. The first-order valence-electron chi connectivity index (χ1n) is 11.8. The van der Waals surface area contributed by atoms with E-state index < -0.39 is 0 Å². The molecule has 0 bridgehead atoms. The first-order chi connectivity index (χ1) is 15.6. The van der Waals surface area contributed by atoms with Gasteiger partial charge in [0.05, 0.1) is 12.2 Å². The van der Waals surface area contributed by atoms with Crippen LogP contribution in [0.1, 0.15) is 41.7 Å². The maximum atomic E-state index is 12.7. The number of benzene rings is 2. The molecular formula is C27H34N2O3. The van der Waals surface area contributed by atoms with E-state index in [0.717, 1.165) is 72.7 Å². The van der Waals surface area contributed by atoms with Crippen LogP contribution < -0.4 is 0 Å². The number of carbonyl (C=O) groups excluding carboxylic acids is 1. The number of nitrogens with zero attached hydrogens (tertiary/aromatic N) is 2. The van der Waals surface area contributed by atoms with Crippen molar-refractivity contribution in [2.45, 2.75) is 33.3 Å². The SMILES string of the molecule is CCN(CC)CCN(CCO)CCc1ccc2c(c1)CO/C2=C1/C(=O)Cc2ccccc21. The second kappa shape index (κ2) is 10.4. The summed E-state index contributed by atoms with van der Waals surface area (Å²) < 4.78 is 6.05. The summed E-state index contributed by atoms with van der Waals surface area (Å²) in [6.45, 7) is 10.8. The van der Waals surface area contributed by atoms with Crippen molar-refractivity contribution in [1.29, 1.82) is 0 Å². The van der Waals surface area contributed by atoms with Crippen LogP contribution in [0.15, 0.2) is 42.5 Å². The monoisotopic (exact) mass is 434 g/mol. The molecule has 2 aliphatic rings. The van der Waals surface area contributed by atoms with Crippen molar-refractivity contribution in [3.8, 4) is 0 Å². The van der Waals surface area contributed by atoms with Gasteiger partial charge in [0.2, 0.25) is 0 Å². The second-order valence-electron chi connectivity index (χ2n) is 8.58. The molecular weight excluding hydrogens is 400 g/mol. The highest BCUT2D eigenvalue weighted by molar-refractivity contribution is 6.31. The average molecular weight is 435 g/mol. The van der Waals surface area contributed by atoms with Crippen molar-refractivity contribution in [3.05, 3.63) is 70.3 Å². The molecule has 0 amide bonds. The van der Waals surface area contributed by atoms with Crippen molar-refractivity contribution in [2.24, 2.45) is 0 Å². The second-order valence-corrected chi connectivity index (χ2v) is 8.58. The summed E-state index contributed by atoms with van der Waals surface area (Å²) >= 11 is 0. The summed E-state index contributed by atoms with van der Waals surface area (Å²) in [5, 5.41) is 9.46. The number of aliphatic hydroxyl groups is 1. The van der Waals surface area contributed by atoms with E-state index in [-0.39, 0.29) is 12.4 Å². The van der Waals surface area contributed by atoms with Gasteiger partial charge in [-0.15, -0.1) is 0 Å². The first-order valence-corrected chi connectivity index (χ1v) is 11.8. The molecule has 1 aliphatic heterocycles. The van der Waals surface area contributed by atoms with Gasteiger partial charge in [-0.25, -0.2) is 0 Å². The van der Waals surface area contributed by atoms with Crippen molar-refractivity contribution in [2.75, 3.05) is 45.9 Å². The third-order valence-electron chi connectivity index (χ3n) is 6.69. The third kappa shape index (κ3) is 4.80. The van der Waals surface area contributed by atoms with Crippen LogP contribution >= 0.6 is 0 Å². The normalized spacial score (nSPS) is 17.2. The van der Waals surface area contributed by atoms with Gasteiger partial charge in [-0.2, -0.15) is 0 Å². The van der Waals surface area contributed by atoms with Gasteiger partial charge in [0.1, 0.15) is 12.4 Å². The Labute approximate surface area is 191 Å². The number of ether oxygens (including phenoxy) is 1. The fourth-order valence-corrected chi connectivity index (χ4v) is 4.74. The maximum Gasteiger partial charge on any atom is 0.171 e. The van der Waals surface area contributed by atoms with Gasteiger partial charge >= 0.3 is 0 Å². The van der Waals surface area contributed by atoms with E-state index in [9.17, 15) is 9.90 Å². The zero-order chi connectivity index (χ0) is 22.5. The number of hydrogen-bond donors (Lipinski definition) is 1. The van der Waals surface area contributed by atoms with Gasteiger partial charge < -0.3 is 14.7 Å². The standard InChI is InChI=1S/C27H34N2O3/c1-3-28(4-2)13-14-29(15-16-30)12-11-20-9-10-24-22(17-20)19-32-27(24)26-23-8-6-5-7-21(23)18-25(26)31/h5-10,17,30H,3-4,11-16,18-19H2,1-2H3/b27-26+. The van der Waals surface area contributed by atoms with Gasteiger partial charge in [-0.3, -0.25) is 9.69 Å². The minimum absolute atomic E-state index is 0.144. The number of fused-ring (bicyclic) bond motifs is 2. The van der Waals surface area contributed by atoms with Crippen LogP contribution in [0.5, 0.6) is 0 Å². The van der Waals surface area contributed by atoms with Crippen molar-refractivity contribution in [3.63, 3.8) is 0 Å². The van der Waals surface area contributed by atoms with E-state index in [4.69, 9.17) is 4.74 Å². The Morgan fingerprint density at radius 2 is 1.69 bits per heavy atom. The van der Waals surface area contributed by atoms with E-state index >= 15 is 0 Å². The summed E-state index contributed by atoms with van der Waals surface area (Å²) in [5.74, 6) is 0.883. The topological polar surface area (TPSA) is 53.0 Å². The van der Waals surface area contributed by atoms with Crippen molar-refractivity contribution in [1.82, 2.24) is 9.80 Å². The Balaban J connectivity index is 1.47. The third-order valence-corrected chi connectivity index (χ3v) is 6.69. The van der Waals surface area contributed by atoms with Crippen LogP contribution in [0.4, 0.5) is 0 Å². The van der Waals surface area contributed by atoms with Crippen LogP contribution in [0, 0.1) is 0 Å². The molecule has 0 spiro atoms. The number of rotatable bonds is 10. The van der Waals surface area contributed by atoms with Gasteiger partial charge in [-0.1, -0.05) is 56.3 Å². The molecule has 2 aromatic carbocycles. The highest BCUT2D eigenvalue weighted by Crippen LogP contribution is 2.40. The lowest BCUT2D eigenvalue weighted by Crippen LogP contribution is -2.37. The molecule has 5 nitrogen and oxygen atoms in total. The molecule has 0 saturated carbocycles. The Bertz CT molecular complexity index is 994. The van der Waals surface area contributed by atoms with E-state index in [1.54, 1.807) is 0 Å². The molecule has 4 rings (SSSR count). The number of aliphatic hydroxyl groups excluding tert-OH is 1. The van der Waals surface area contributed by atoms with Crippen molar-refractivity contribution < 1.29 is 14.6 Å². The zero-order valence-electron chi connectivity index (χ0n) is 19.3. The molecule has 0 fully saturated rings. The lowest BCUT2D eigenvalue weighted by atomic mass is 9.98. The highest BCUT2D eigenvalue weighted by Gasteiger charge is 2.32. The molecule has 1 N–H and O–H groups in total. The van der Waals surface area contributed by atoms with Crippen LogP contribution in [-0.4, -0.2) is 66.6 Å². The smallest absolute Gasteiger partial charge is 0.171 e. The molecule has 2 aromatic rings. The average Bonchev–Trinajstić information content (AvgIpc) is 3.37. The molecule has 0 aromatic heterocycles. The molecule has 0 radical (unpaired) electrons. The molecule has 5 heteroatoms. The van der Waals surface area contributed by atoms with Crippen molar-refractivity contribution >= 4 is 17.1 Å². The van der Waals surface area contributed by atoms with E-state index in [1.165, 1.54) is 5.56 Å². The van der Waals surface area contributed by atoms with Gasteiger partial charge in [0.15, 0.2) is 5.78 Å². The maximum absolute atomic E-state index is 12.7. The number of ketones is 1. The van der Waals surface area contributed by atoms with Gasteiger partial charge in [-0.05, 0) is 36.2 Å². The van der Waals surface area contributed by atoms with Crippen LogP contribution in [0.2, 0.25) is 0 Å².